The highest BCUT2D eigenvalue weighted by Crippen LogP contribution is 2.34. The molecule has 0 saturated carbocycles. The largest absolute Gasteiger partial charge is 0.421 e. The molecule has 3 aromatic rings. The van der Waals surface area contributed by atoms with Gasteiger partial charge < -0.3 is 16.0 Å². The van der Waals surface area contributed by atoms with Crippen LogP contribution < -0.4 is 16.0 Å². The van der Waals surface area contributed by atoms with Crippen molar-refractivity contribution in [2.45, 2.75) is 24.5 Å². The van der Waals surface area contributed by atoms with Gasteiger partial charge in [0.1, 0.15) is 11.4 Å². The molecular formula is C23H25F3N6O3S. The molecule has 0 bridgehead atoms. The lowest BCUT2D eigenvalue weighted by molar-refractivity contribution is -0.137. The van der Waals surface area contributed by atoms with E-state index in [-0.39, 0.29) is 42.1 Å². The first-order chi connectivity index (χ1) is 17.0. The maximum Gasteiger partial charge on any atom is 0.421 e. The Morgan fingerprint density at radius 2 is 1.78 bits per heavy atom. The van der Waals surface area contributed by atoms with Crippen molar-refractivity contribution < 1.29 is 26.4 Å². The average Bonchev–Trinajstić information content (AvgIpc) is 2.82. The molecule has 0 saturated heterocycles. The van der Waals surface area contributed by atoms with E-state index in [1.807, 2.05) is 30.3 Å². The molecule has 1 heterocycles. The summed E-state index contributed by atoms with van der Waals surface area (Å²) in [7, 11) is -2.39. The minimum atomic E-state index is -4.70. The fourth-order valence-electron chi connectivity index (χ4n) is 3.17. The summed E-state index contributed by atoms with van der Waals surface area (Å²) in [5.74, 6) is -0.962. The third-order valence-corrected chi connectivity index (χ3v) is 6.73. The minimum Gasteiger partial charge on any atom is -0.368 e. The third kappa shape index (κ3) is 7.15. The van der Waals surface area contributed by atoms with Gasteiger partial charge in [-0.15, -0.1) is 0 Å². The van der Waals surface area contributed by atoms with Crippen LogP contribution in [0.1, 0.15) is 18.1 Å². The van der Waals surface area contributed by atoms with Crippen LogP contribution in [0.15, 0.2) is 65.7 Å². The van der Waals surface area contributed by atoms with Gasteiger partial charge in [-0.1, -0.05) is 36.4 Å². The van der Waals surface area contributed by atoms with Gasteiger partial charge in [0.2, 0.25) is 21.9 Å². The maximum absolute atomic E-state index is 13.4. The monoisotopic (exact) mass is 522 g/mol. The summed E-state index contributed by atoms with van der Waals surface area (Å²) in [4.78, 5) is 18.6. The highest BCUT2D eigenvalue weighted by molar-refractivity contribution is 7.89. The Bertz CT molecular complexity index is 1300. The maximum atomic E-state index is 13.4. The van der Waals surface area contributed by atoms with E-state index in [0.717, 1.165) is 5.56 Å². The normalized spacial score (nSPS) is 11.8. The standard InChI is InChI=1S/C23H25F3N6O3S/c1-16(33)27-11-12-28-21-20(23(24,25)26)14-29-22(31-21)30-18-9-6-10-19(13-18)36(34,35)32(2)15-17-7-4-3-5-8-17/h3-10,13-14H,11-12,15H2,1-2H3,(H,27,33)(H2,28,29,30,31). The number of carbonyl (C=O) groups excluding carboxylic acids is 1. The Morgan fingerprint density at radius 3 is 2.44 bits per heavy atom. The Balaban J connectivity index is 1.80. The van der Waals surface area contributed by atoms with Crippen LogP contribution in [0.5, 0.6) is 0 Å². The van der Waals surface area contributed by atoms with Crippen molar-refractivity contribution in [1.82, 2.24) is 19.6 Å². The van der Waals surface area contributed by atoms with Crippen molar-refractivity contribution in [3.8, 4) is 0 Å². The second kappa shape index (κ2) is 11.4. The molecule has 1 amide bonds. The predicted molar refractivity (Wildman–Crippen MR) is 129 cm³/mol. The van der Waals surface area contributed by atoms with Crippen molar-refractivity contribution in [3.05, 3.63) is 71.9 Å². The Hall–Kier alpha value is -3.71. The average molecular weight is 523 g/mol. The SMILES string of the molecule is CC(=O)NCCNc1nc(Nc2cccc(S(=O)(=O)N(C)Cc3ccccc3)c2)ncc1C(F)(F)F. The summed E-state index contributed by atoms with van der Waals surface area (Å²) in [5, 5.41) is 7.77. The lowest BCUT2D eigenvalue weighted by Gasteiger charge is -2.18. The van der Waals surface area contributed by atoms with E-state index in [1.165, 1.54) is 36.5 Å². The van der Waals surface area contributed by atoms with Gasteiger partial charge in [-0.05, 0) is 23.8 Å². The van der Waals surface area contributed by atoms with Crippen LogP contribution in [0.25, 0.3) is 0 Å². The number of nitrogens with zero attached hydrogens (tertiary/aromatic N) is 3. The number of nitrogens with one attached hydrogen (secondary N) is 3. The summed E-state index contributed by atoms with van der Waals surface area (Å²) in [6, 6.07) is 14.9. The van der Waals surface area contributed by atoms with Crippen molar-refractivity contribution in [2.75, 3.05) is 30.8 Å². The number of aromatic nitrogens is 2. The minimum absolute atomic E-state index is 0.000586. The lowest BCUT2D eigenvalue weighted by atomic mass is 10.2. The van der Waals surface area contributed by atoms with Gasteiger partial charge in [-0.25, -0.2) is 13.4 Å². The summed E-state index contributed by atoms with van der Waals surface area (Å²) >= 11 is 0. The molecule has 36 heavy (non-hydrogen) atoms. The van der Waals surface area contributed by atoms with Gasteiger partial charge in [0.15, 0.2) is 0 Å². The zero-order chi connectivity index (χ0) is 26.3. The second-order valence-corrected chi connectivity index (χ2v) is 9.81. The number of amides is 1. The molecule has 3 N–H and O–H groups in total. The second-order valence-electron chi connectivity index (χ2n) is 7.76. The highest BCUT2D eigenvalue weighted by atomic mass is 32.2. The third-order valence-electron chi connectivity index (χ3n) is 4.93. The molecule has 9 nitrogen and oxygen atoms in total. The molecule has 0 unspecified atom stereocenters. The summed E-state index contributed by atoms with van der Waals surface area (Å²) in [6.45, 7) is 1.55. The van der Waals surface area contributed by atoms with Gasteiger partial charge in [0.25, 0.3) is 0 Å². The summed E-state index contributed by atoms with van der Waals surface area (Å²) < 4.78 is 67.4. The fraction of sp³-hybridized carbons (Fsp3) is 0.261. The van der Waals surface area contributed by atoms with Crippen molar-refractivity contribution in [2.24, 2.45) is 0 Å². The van der Waals surface area contributed by atoms with Gasteiger partial charge in [0.05, 0.1) is 4.90 Å². The Morgan fingerprint density at radius 1 is 1.06 bits per heavy atom. The van der Waals surface area contributed by atoms with Gasteiger partial charge >= 0.3 is 6.18 Å². The summed E-state index contributed by atoms with van der Waals surface area (Å²) in [6.07, 6.45) is -4.07. The predicted octanol–water partition coefficient (Wildman–Crippen LogP) is 3.61. The number of sulfonamides is 1. The number of carbonyl (C=O) groups is 1. The molecule has 2 aromatic carbocycles. The molecule has 0 fully saturated rings. The first-order valence-corrected chi connectivity index (χ1v) is 12.2. The molecule has 13 heteroatoms. The van der Waals surface area contributed by atoms with Crippen LogP contribution in [0.4, 0.5) is 30.6 Å². The molecule has 3 rings (SSSR count). The fourth-order valence-corrected chi connectivity index (χ4v) is 4.38. The molecule has 0 aliphatic carbocycles. The zero-order valence-electron chi connectivity index (χ0n) is 19.5. The molecule has 1 aromatic heterocycles. The van der Waals surface area contributed by atoms with E-state index in [9.17, 15) is 26.4 Å². The molecule has 0 radical (unpaired) electrons. The van der Waals surface area contributed by atoms with Gasteiger partial charge in [-0.3, -0.25) is 4.79 Å². The van der Waals surface area contributed by atoms with E-state index >= 15 is 0 Å². The molecule has 0 aliphatic rings. The van der Waals surface area contributed by atoms with E-state index in [4.69, 9.17) is 0 Å². The van der Waals surface area contributed by atoms with Gasteiger partial charge in [-0.2, -0.15) is 22.5 Å². The zero-order valence-corrected chi connectivity index (χ0v) is 20.3. The van der Waals surface area contributed by atoms with E-state index in [2.05, 4.69) is 25.9 Å². The Labute approximate surface area is 206 Å². The van der Waals surface area contributed by atoms with Crippen LogP contribution in [-0.4, -0.2) is 48.7 Å². The molecule has 0 atom stereocenters. The van der Waals surface area contributed by atoms with Crippen LogP contribution in [0.3, 0.4) is 0 Å². The first-order valence-electron chi connectivity index (χ1n) is 10.8. The van der Waals surface area contributed by atoms with Crippen molar-refractivity contribution in [3.63, 3.8) is 0 Å². The first kappa shape index (κ1) is 26.9. The molecular weight excluding hydrogens is 497 g/mol. The lowest BCUT2D eigenvalue weighted by Crippen LogP contribution is -2.27. The van der Waals surface area contributed by atoms with E-state index < -0.39 is 27.6 Å². The molecule has 192 valence electrons. The molecule has 0 aliphatic heterocycles. The topological polar surface area (TPSA) is 116 Å². The number of alkyl halides is 3. The van der Waals surface area contributed by atoms with Crippen molar-refractivity contribution >= 4 is 33.4 Å². The highest BCUT2D eigenvalue weighted by Gasteiger charge is 2.35. The van der Waals surface area contributed by atoms with Crippen molar-refractivity contribution in [1.29, 1.82) is 0 Å². The smallest absolute Gasteiger partial charge is 0.368 e. The number of rotatable bonds is 10. The quantitative estimate of drug-likeness (QED) is 0.349. The number of hydrogen-bond donors (Lipinski definition) is 3. The van der Waals surface area contributed by atoms with Crippen LogP contribution >= 0.6 is 0 Å². The number of benzene rings is 2. The van der Waals surface area contributed by atoms with E-state index in [0.29, 0.717) is 6.20 Å². The van der Waals surface area contributed by atoms with Gasteiger partial charge in [0, 0.05) is 45.5 Å². The summed E-state index contributed by atoms with van der Waals surface area (Å²) in [5.41, 5.74) is 0.0115. The van der Waals surface area contributed by atoms with Crippen LogP contribution in [0.2, 0.25) is 0 Å². The van der Waals surface area contributed by atoms with E-state index in [1.54, 1.807) is 6.07 Å². The number of hydrogen-bond acceptors (Lipinski definition) is 7. The number of halogens is 3. The van der Waals surface area contributed by atoms with Crippen LogP contribution in [-0.2, 0) is 27.5 Å². The number of anilines is 3. The molecule has 0 spiro atoms. The Kier molecular flexibility index (Phi) is 8.48. The van der Waals surface area contributed by atoms with Crippen LogP contribution in [0, 0.1) is 0 Å².